The van der Waals surface area contributed by atoms with E-state index in [0.29, 0.717) is 18.8 Å². The number of hydrogen-bond donors (Lipinski definition) is 2. The molecule has 0 radical (unpaired) electrons. The number of aromatic nitrogens is 4. The molecule has 1 aliphatic heterocycles. The van der Waals surface area contributed by atoms with Crippen molar-refractivity contribution in [3.05, 3.63) is 78.2 Å². The van der Waals surface area contributed by atoms with Crippen LogP contribution in [0, 0.1) is 6.92 Å². The zero-order valence-electron chi connectivity index (χ0n) is 18.4. The van der Waals surface area contributed by atoms with Gasteiger partial charge in [0.2, 0.25) is 0 Å². The molecule has 5 rings (SSSR count). The van der Waals surface area contributed by atoms with Crippen molar-refractivity contribution in [2.45, 2.75) is 25.8 Å². The van der Waals surface area contributed by atoms with E-state index < -0.39 is 0 Å². The summed E-state index contributed by atoms with van der Waals surface area (Å²) in [4.78, 5) is 21.8. The molecule has 1 aliphatic rings. The van der Waals surface area contributed by atoms with Crippen LogP contribution in [0.15, 0.2) is 67.0 Å². The molecule has 1 saturated heterocycles. The number of hydrogen-bond acceptors (Lipinski definition) is 5. The number of nitrogens with one attached hydrogen (secondary N) is 2. The maximum atomic E-state index is 12.6. The van der Waals surface area contributed by atoms with Crippen LogP contribution in [0.1, 0.15) is 28.9 Å². The monoisotopic (exact) mass is 439 g/mol. The van der Waals surface area contributed by atoms with Crippen molar-refractivity contribution in [3.8, 4) is 33.8 Å². The fourth-order valence-electron chi connectivity index (χ4n) is 4.04. The number of amides is 1. The lowest BCUT2D eigenvalue weighted by Gasteiger charge is -2.23. The average molecular weight is 440 g/mol. The van der Waals surface area contributed by atoms with Crippen LogP contribution in [0.25, 0.3) is 33.8 Å². The predicted molar refractivity (Wildman–Crippen MR) is 127 cm³/mol. The molecule has 7 heteroatoms. The van der Waals surface area contributed by atoms with Gasteiger partial charge in [0.15, 0.2) is 0 Å². The molecule has 33 heavy (non-hydrogen) atoms. The van der Waals surface area contributed by atoms with Gasteiger partial charge in [-0.15, -0.1) is 0 Å². The predicted octanol–water partition coefficient (Wildman–Crippen LogP) is 4.42. The van der Waals surface area contributed by atoms with Gasteiger partial charge in [-0.3, -0.25) is 19.9 Å². The van der Waals surface area contributed by atoms with E-state index in [9.17, 15) is 4.79 Å². The molecule has 4 heterocycles. The second-order valence-corrected chi connectivity index (χ2v) is 8.19. The lowest BCUT2D eigenvalue weighted by atomic mass is 10.0. The Hall–Kier alpha value is -3.84. The Kier molecular flexibility index (Phi) is 5.95. The SMILES string of the molecule is Cc1cccc(-c2cn[nH]c2-c2ccnc(-c3ccc(C(=O)NC4CCOCC4)cc3)c2)n1. The smallest absolute Gasteiger partial charge is 0.251 e. The second kappa shape index (κ2) is 9.34. The van der Waals surface area contributed by atoms with Gasteiger partial charge in [-0.05, 0) is 56.2 Å². The highest BCUT2D eigenvalue weighted by Crippen LogP contribution is 2.31. The van der Waals surface area contributed by atoms with E-state index in [0.717, 1.165) is 52.3 Å². The van der Waals surface area contributed by atoms with Crippen LogP contribution in [-0.2, 0) is 4.74 Å². The molecule has 7 nitrogen and oxygen atoms in total. The summed E-state index contributed by atoms with van der Waals surface area (Å²) in [6, 6.07) is 17.6. The van der Waals surface area contributed by atoms with Crippen LogP contribution < -0.4 is 5.32 Å². The van der Waals surface area contributed by atoms with Crippen molar-refractivity contribution < 1.29 is 9.53 Å². The first-order valence-electron chi connectivity index (χ1n) is 11.1. The summed E-state index contributed by atoms with van der Waals surface area (Å²) in [5.41, 5.74) is 7.03. The molecule has 2 N–H and O–H groups in total. The second-order valence-electron chi connectivity index (χ2n) is 8.19. The normalized spacial score (nSPS) is 14.2. The summed E-state index contributed by atoms with van der Waals surface area (Å²) in [7, 11) is 0. The quantitative estimate of drug-likeness (QED) is 0.480. The minimum Gasteiger partial charge on any atom is -0.381 e. The lowest BCUT2D eigenvalue weighted by molar-refractivity contribution is 0.0696. The van der Waals surface area contributed by atoms with Crippen LogP contribution in [-0.4, -0.2) is 45.3 Å². The van der Waals surface area contributed by atoms with Crippen molar-refractivity contribution in [2.24, 2.45) is 0 Å². The third-order valence-corrected chi connectivity index (χ3v) is 5.85. The molecule has 1 amide bonds. The largest absolute Gasteiger partial charge is 0.381 e. The number of H-pyrrole nitrogens is 1. The van der Waals surface area contributed by atoms with E-state index in [1.54, 1.807) is 12.4 Å². The first-order valence-corrected chi connectivity index (χ1v) is 11.1. The van der Waals surface area contributed by atoms with Gasteiger partial charge in [0.25, 0.3) is 5.91 Å². The third-order valence-electron chi connectivity index (χ3n) is 5.85. The van der Waals surface area contributed by atoms with Crippen LogP contribution in [0.5, 0.6) is 0 Å². The Morgan fingerprint density at radius 2 is 1.85 bits per heavy atom. The molecular formula is C26H25N5O2. The van der Waals surface area contributed by atoms with E-state index in [2.05, 4.69) is 25.5 Å². The summed E-state index contributed by atoms with van der Waals surface area (Å²) < 4.78 is 5.36. The highest BCUT2D eigenvalue weighted by Gasteiger charge is 2.17. The van der Waals surface area contributed by atoms with Gasteiger partial charge in [-0.25, -0.2) is 0 Å². The standard InChI is InChI=1S/C26H25N5O2/c1-17-3-2-4-23(29-17)22-16-28-31-25(22)20-9-12-27-24(15-20)18-5-7-19(8-6-18)26(32)30-21-10-13-33-14-11-21/h2-9,12,15-16,21H,10-11,13-14H2,1H3,(H,28,31)(H,30,32). The minimum atomic E-state index is -0.0529. The molecule has 0 unspecified atom stereocenters. The number of ether oxygens (including phenoxy) is 1. The van der Waals surface area contributed by atoms with E-state index in [1.165, 1.54) is 0 Å². The number of carbonyl (C=O) groups excluding carboxylic acids is 1. The van der Waals surface area contributed by atoms with Gasteiger partial charge in [-0.1, -0.05) is 18.2 Å². The fourth-order valence-corrected chi connectivity index (χ4v) is 4.04. The Balaban J connectivity index is 1.37. The molecule has 0 spiro atoms. The number of nitrogens with zero attached hydrogens (tertiary/aromatic N) is 3. The average Bonchev–Trinajstić information content (AvgIpc) is 3.35. The fraction of sp³-hybridized carbons (Fsp3) is 0.231. The van der Waals surface area contributed by atoms with Crippen LogP contribution in [0.3, 0.4) is 0 Å². The van der Waals surface area contributed by atoms with Crippen molar-refractivity contribution in [3.63, 3.8) is 0 Å². The molecule has 0 atom stereocenters. The molecule has 166 valence electrons. The Bertz CT molecular complexity index is 1260. The number of benzene rings is 1. The number of pyridine rings is 2. The maximum Gasteiger partial charge on any atom is 0.251 e. The number of rotatable bonds is 5. The van der Waals surface area contributed by atoms with Gasteiger partial charge in [0.05, 0.1) is 23.3 Å². The maximum absolute atomic E-state index is 12.6. The van der Waals surface area contributed by atoms with Crippen molar-refractivity contribution >= 4 is 5.91 Å². The number of aromatic amines is 1. The van der Waals surface area contributed by atoms with E-state index in [4.69, 9.17) is 4.74 Å². The number of aryl methyl sites for hydroxylation is 1. The van der Waals surface area contributed by atoms with Crippen molar-refractivity contribution in [2.75, 3.05) is 13.2 Å². The summed E-state index contributed by atoms with van der Waals surface area (Å²) in [6.07, 6.45) is 5.29. The van der Waals surface area contributed by atoms with E-state index >= 15 is 0 Å². The molecule has 0 aliphatic carbocycles. The molecular weight excluding hydrogens is 414 g/mol. The molecule has 4 aromatic rings. The zero-order valence-corrected chi connectivity index (χ0v) is 18.4. The number of carbonyl (C=O) groups is 1. The molecule has 3 aromatic heterocycles. The molecule has 0 saturated carbocycles. The van der Waals surface area contributed by atoms with Crippen LogP contribution in [0.2, 0.25) is 0 Å². The van der Waals surface area contributed by atoms with E-state index in [-0.39, 0.29) is 11.9 Å². The first-order chi connectivity index (χ1) is 16.2. The molecule has 0 bridgehead atoms. The summed E-state index contributed by atoms with van der Waals surface area (Å²) in [5, 5.41) is 10.4. The topological polar surface area (TPSA) is 92.8 Å². The van der Waals surface area contributed by atoms with Crippen molar-refractivity contribution in [1.82, 2.24) is 25.5 Å². The Morgan fingerprint density at radius 1 is 1.03 bits per heavy atom. The van der Waals surface area contributed by atoms with Gasteiger partial charge < -0.3 is 10.1 Å². The van der Waals surface area contributed by atoms with Crippen molar-refractivity contribution in [1.29, 1.82) is 0 Å². The first kappa shape index (κ1) is 21.0. The Labute approximate surface area is 192 Å². The minimum absolute atomic E-state index is 0.0529. The zero-order chi connectivity index (χ0) is 22.6. The van der Waals surface area contributed by atoms with Gasteiger partial charge in [-0.2, -0.15) is 5.10 Å². The summed E-state index contributed by atoms with van der Waals surface area (Å²) in [6.45, 7) is 3.37. The van der Waals surface area contributed by atoms with Crippen LogP contribution in [0.4, 0.5) is 0 Å². The van der Waals surface area contributed by atoms with Crippen LogP contribution >= 0.6 is 0 Å². The highest BCUT2D eigenvalue weighted by atomic mass is 16.5. The molecule has 1 aromatic carbocycles. The molecule has 1 fully saturated rings. The Morgan fingerprint density at radius 3 is 2.64 bits per heavy atom. The van der Waals surface area contributed by atoms with Gasteiger partial charge >= 0.3 is 0 Å². The summed E-state index contributed by atoms with van der Waals surface area (Å²) >= 11 is 0. The highest BCUT2D eigenvalue weighted by molar-refractivity contribution is 5.95. The lowest BCUT2D eigenvalue weighted by Crippen LogP contribution is -2.38. The van der Waals surface area contributed by atoms with Gasteiger partial charge in [0, 0.05) is 53.4 Å². The van der Waals surface area contributed by atoms with E-state index in [1.807, 2.05) is 61.5 Å². The van der Waals surface area contributed by atoms with Gasteiger partial charge in [0.1, 0.15) is 0 Å². The third kappa shape index (κ3) is 4.68. The summed E-state index contributed by atoms with van der Waals surface area (Å²) in [5.74, 6) is -0.0529.